The number of imidazole rings is 1. The lowest BCUT2D eigenvalue weighted by molar-refractivity contribution is -0.122. The molecule has 4 aromatic rings. The quantitative estimate of drug-likeness (QED) is 0.583. The van der Waals surface area contributed by atoms with Crippen LogP contribution in [0.15, 0.2) is 60.0 Å². The number of carbonyl (C=O) groups excluding carboxylic acids is 1. The number of carbonyl (C=O) groups is 1. The second kappa shape index (κ2) is 6.99. The van der Waals surface area contributed by atoms with Crippen LogP contribution < -0.4 is 10.9 Å². The monoisotopic (exact) mass is 362 g/mol. The van der Waals surface area contributed by atoms with Gasteiger partial charge in [0.05, 0.1) is 29.0 Å². The van der Waals surface area contributed by atoms with Crippen LogP contribution in [0.2, 0.25) is 0 Å². The van der Waals surface area contributed by atoms with Gasteiger partial charge in [0.15, 0.2) is 0 Å². The first-order valence-electron chi connectivity index (χ1n) is 8.69. The number of nitrogens with zero attached hydrogens (tertiary/aromatic N) is 5. The smallest absolute Gasteiger partial charge is 0.261 e. The van der Waals surface area contributed by atoms with Gasteiger partial charge in [-0.15, -0.1) is 0 Å². The molecule has 27 heavy (non-hydrogen) atoms. The van der Waals surface area contributed by atoms with Crippen molar-refractivity contribution in [2.24, 2.45) is 0 Å². The molecule has 136 valence electrons. The largest absolute Gasteiger partial charge is 0.346 e. The summed E-state index contributed by atoms with van der Waals surface area (Å²) < 4.78 is 3.12. The number of benzene rings is 1. The van der Waals surface area contributed by atoms with Crippen molar-refractivity contribution in [2.75, 3.05) is 0 Å². The van der Waals surface area contributed by atoms with Gasteiger partial charge in [0.1, 0.15) is 6.54 Å². The predicted octanol–water partition coefficient (Wildman–Crippen LogP) is 1.71. The van der Waals surface area contributed by atoms with Crippen molar-refractivity contribution < 1.29 is 4.79 Å². The van der Waals surface area contributed by atoms with Crippen LogP contribution in [0.4, 0.5) is 0 Å². The summed E-state index contributed by atoms with van der Waals surface area (Å²) in [4.78, 5) is 37.9. The third-order valence-electron chi connectivity index (χ3n) is 4.40. The van der Waals surface area contributed by atoms with E-state index in [-0.39, 0.29) is 24.1 Å². The van der Waals surface area contributed by atoms with Gasteiger partial charge in [-0.25, -0.2) is 15.0 Å². The number of para-hydroxylation sites is 1. The van der Waals surface area contributed by atoms with Crippen molar-refractivity contribution in [3.63, 3.8) is 0 Å². The fraction of sp³-hybridized carbons (Fsp3) is 0.211. The van der Waals surface area contributed by atoms with Gasteiger partial charge < -0.3 is 5.32 Å². The first-order valence-corrected chi connectivity index (χ1v) is 8.69. The maximum absolute atomic E-state index is 12.5. The van der Waals surface area contributed by atoms with Gasteiger partial charge in [-0.1, -0.05) is 19.1 Å². The van der Waals surface area contributed by atoms with Crippen LogP contribution in [0.25, 0.3) is 16.7 Å². The van der Waals surface area contributed by atoms with E-state index < -0.39 is 0 Å². The van der Waals surface area contributed by atoms with Gasteiger partial charge in [0.2, 0.25) is 11.7 Å². The zero-order chi connectivity index (χ0) is 18.8. The summed E-state index contributed by atoms with van der Waals surface area (Å²) in [7, 11) is 0. The normalized spacial score (nSPS) is 12.3. The Morgan fingerprint density at radius 3 is 2.89 bits per heavy atom. The Bertz CT molecular complexity index is 1150. The second-order valence-electron chi connectivity index (χ2n) is 6.22. The van der Waals surface area contributed by atoms with Crippen molar-refractivity contribution in [1.29, 1.82) is 0 Å². The SMILES string of the molecule is CCC(NC(=O)Cn1cnc2ccccc2c1=O)c1cn2cccnc2n1. The minimum absolute atomic E-state index is 0.0984. The molecule has 1 atom stereocenters. The Balaban J connectivity index is 1.54. The molecule has 8 heteroatoms. The highest BCUT2D eigenvalue weighted by Gasteiger charge is 2.17. The lowest BCUT2D eigenvalue weighted by Crippen LogP contribution is -2.34. The molecule has 1 N–H and O–H groups in total. The number of fused-ring (bicyclic) bond motifs is 2. The highest BCUT2D eigenvalue weighted by atomic mass is 16.2. The number of hydrogen-bond acceptors (Lipinski definition) is 5. The highest BCUT2D eigenvalue weighted by Crippen LogP contribution is 2.15. The molecule has 1 unspecified atom stereocenters. The van der Waals surface area contributed by atoms with Gasteiger partial charge in [0, 0.05) is 18.6 Å². The summed E-state index contributed by atoms with van der Waals surface area (Å²) >= 11 is 0. The van der Waals surface area contributed by atoms with Crippen molar-refractivity contribution in [1.82, 2.24) is 29.2 Å². The summed E-state index contributed by atoms with van der Waals surface area (Å²) in [5, 5.41) is 3.43. The number of hydrogen-bond donors (Lipinski definition) is 1. The number of nitrogens with one attached hydrogen (secondary N) is 1. The molecule has 3 aromatic heterocycles. The van der Waals surface area contributed by atoms with Crippen molar-refractivity contribution in [3.05, 3.63) is 71.3 Å². The standard InChI is InChI=1S/C19H18N6O2/c1-2-14(16-10-24-9-5-8-20-19(24)23-16)22-17(26)11-25-12-21-15-7-4-3-6-13(15)18(25)27/h3-10,12,14H,2,11H2,1H3,(H,22,26). The minimum atomic E-state index is -0.272. The van der Waals surface area contributed by atoms with Gasteiger partial charge >= 0.3 is 0 Å². The Labute approximate surface area is 154 Å². The molecule has 0 saturated carbocycles. The predicted molar refractivity (Wildman–Crippen MR) is 100 cm³/mol. The Hall–Kier alpha value is -3.55. The zero-order valence-electron chi connectivity index (χ0n) is 14.7. The van der Waals surface area contributed by atoms with Crippen LogP contribution in [0.5, 0.6) is 0 Å². The first-order chi connectivity index (χ1) is 13.2. The molecule has 8 nitrogen and oxygen atoms in total. The molecule has 1 amide bonds. The molecule has 0 bridgehead atoms. The van der Waals surface area contributed by atoms with Crippen molar-refractivity contribution in [3.8, 4) is 0 Å². The van der Waals surface area contributed by atoms with E-state index in [1.165, 1.54) is 10.9 Å². The molecule has 3 heterocycles. The molecule has 4 rings (SSSR count). The molecule has 0 fully saturated rings. The molecule has 0 aliphatic heterocycles. The summed E-state index contributed by atoms with van der Waals surface area (Å²) in [6.07, 6.45) is 7.44. The summed E-state index contributed by atoms with van der Waals surface area (Å²) in [6.45, 7) is 1.87. The zero-order valence-corrected chi connectivity index (χ0v) is 14.7. The van der Waals surface area contributed by atoms with Crippen LogP contribution in [-0.4, -0.2) is 29.8 Å². The van der Waals surface area contributed by atoms with Gasteiger partial charge in [-0.05, 0) is 24.6 Å². The lowest BCUT2D eigenvalue weighted by atomic mass is 10.1. The van der Waals surface area contributed by atoms with Crippen LogP contribution in [0.1, 0.15) is 25.1 Å². The maximum Gasteiger partial charge on any atom is 0.261 e. The molecule has 0 radical (unpaired) electrons. The average Bonchev–Trinajstić information content (AvgIpc) is 3.12. The Kier molecular flexibility index (Phi) is 4.37. The molecule has 0 spiro atoms. The van der Waals surface area contributed by atoms with E-state index in [1.807, 2.05) is 35.9 Å². The third kappa shape index (κ3) is 3.29. The van der Waals surface area contributed by atoms with Crippen molar-refractivity contribution >= 4 is 22.6 Å². The van der Waals surface area contributed by atoms with Gasteiger partial charge in [0.25, 0.3) is 5.56 Å². The van der Waals surface area contributed by atoms with E-state index in [9.17, 15) is 9.59 Å². The van der Waals surface area contributed by atoms with E-state index in [4.69, 9.17) is 0 Å². The molecule has 1 aromatic carbocycles. The van der Waals surface area contributed by atoms with E-state index in [2.05, 4.69) is 20.3 Å². The van der Waals surface area contributed by atoms with E-state index in [0.29, 0.717) is 23.1 Å². The molecular weight excluding hydrogens is 344 g/mol. The van der Waals surface area contributed by atoms with E-state index in [0.717, 1.165) is 5.69 Å². The van der Waals surface area contributed by atoms with Crippen LogP contribution in [0, 0.1) is 0 Å². The van der Waals surface area contributed by atoms with E-state index >= 15 is 0 Å². The molecule has 0 aliphatic rings. The number of rotatable bonds is 5. The Morgan fingerprint density at radius 1 is 1.22 bits per heavy atom. The van der Waals surface area contributed by atoms with Crippen LogP contribution >= 0.6 is 0 Å². The third-order valence-corrected chi connectivity index (χ3v) is 4.40. The average molecular weight is 362 g/mol. The van der Waals surface area contributed by atoms with Crippen LogP contribution in [-0.2, 0) is 11.3 Å². The molecule has 0 saturated heterocycles. The Morgan fingerprint density at radius 2 is 2.07 bits per heavy atom. The van der Waals surface area contributed by atoms with E-state index in [1.54, 1.807) is 24.4 Å². The number of aromatic nitrogens is 5. The van der Waals surface area contributed by atoms with Gasteiger partial charge in [-0.2, -0.15) is 0 Å². The lowest BCUT2D eigenvalue weighted by Gasteiger charge is -2.15. The molecule has 0 aliphatic carbocycles. The van der Waals surface area contributed by atoms with Crippen molar-refractivity contribution in [2.45, 2.75) is 25.9 Å². The second-order valence-corrected chi connectivity index (χ2v) is 6.22. The topological polar surface area (TPSA) is 94.2 Å². The summed E-state index contributed by atoms with van der Waals surface area (Å²) in [5.41, 5.74) is 1.11. The minimum Gasteiger partial charge on any atom is -0.346 e. The molecular formula is C19H18N6O2. The summed E-state index contributed by atoms with van der Waals surface area (Å²) in [6, 6.07) is 8.63. The van der Waals surface area contributed by atoms with Gasteiger partial charge in [-0.3, -0.25) is 18.6 Å². The fourth-order valence-electron chi connectivity index (χ4n) is 3.01. The fourth-order valence-corrected chi connectivity index (χ4v) is 3.01. The van der Waals surface area contributed by atoms with Crippen LogP contribution in [0.3, 0.4) is 0 Å². The maximum atomic E-state index is 12.5. The first kappa shape index (κ1) is 16.9. The summed E-state index contributed by atoms with van der Waals surface area (Å²) in [5.74, 6) is 0.307. The number of amides is 1. The highest BCUT2D eigenvalue weighted by molar-refractivity contribution is 5.79.